The number of methoxy groups -OCH3 is 1. The summed E-state index contributed by atoms with van der Waals surface area (Å²) in [5.41, 5.74) is 1.69. The number of carboxylic acid groups (broad SMARTS) is 1. The minimum Gasteiger partial charge on any atom is -0.497 e. The Kier molecular flexibility index (Phi) is 3.32. The molecule has 1 N–H and O–H groups in total. The van der Waals surface area contributed by atoms with E-state index in [0.29, 0.717) is 12.2 Å². The zero-order valence-electron chi connectivity index (χ0n) is 10.3. The topological polar surface area (TPSA) is 64.3 Å². The molecule has 0 bridgehead atoms. The Labute approximate surface area is 105 Å². The van der Waals surface area contributed by atoms with Crippen molar-refractivity contribution in [3.05, 3.63) is 41.7 Å². The van der Waals surface area contributed by atoms with E-state index in [9.17, 15) is 4.79 Å². The van der Waals surface area contributed by atoms with Crippen molar-refractivity contribution in [2.75, 3.05) is 7.11 Å². The number of aromatic carboxylic acids is 1. The number of rotatable bonds is 4. The largest absolute Gasteiger partial charge is 0.497 e. The molecule has 2 aromatic rings. The van der Waals surface area contributed by atoms with Crippen molar-refractivity contribution in [3.8, 4) is 11.4 Å². The van der Waals surface area contributed by atoms with Crippen LogP contribution in [0.4, 0.5) is 0 Å². The molecule has 0 aliphatic heterocycles. The summed E-state index contributed by atoms with van der Waals surface area (Å²) in [5.74, 6) is -0.312. The van der Waals surface area contributed by atoms with Crippen molar-refractivity contribution >= 4 is 5.97 Å². The van der Waals surface area contributed by atoms with E-state index in [2.05, 4.69) is 5.10 Å². The summed E-state index contributed by atoms with van der Waals surface area (Å²) < 4.78 is 6.78. The number of aromatic nitrogens is 2. The number of ether oxygens (including phenoxy) is 1. The standard InChI is InChI=1S/C13H14N2O3/c1-3-9-8-12(13(16)17)14-15(9)10-5-4-6-11(7-10)18-2/h4-8H,3H2,1-2H3,(H,16,17). The highest BCUT2D eigenvalue weighted by Gasteiger charge is 2.13. The predicted molar refractivity (Wildman–Crippen MR) is 66.5 cm³/mol. The van der Waals surface area contributed by atoms with Crippen molar-refractivity contribution in [1.82, 2.24) is 9.78 Å². The van der Waals surface area contributed by atoms with Gasteiger partial charge in [-0.2, -0.15) is 5.10 Å². The van der Waals surface area contributed by atoms with Gasteiger partial charge in [-0.25, -0.2) is 9.48 Å². The van der Waals surface area contributed by atoms with Crippen molar-refractivity contribution < 1.29 is 14.6 Å². The quantitative estimate of drug-likeness (QED) is 0.897. The van der Waals surface area contributed by atoms with Gasteiger partial charge in [-0.15, -0.1) is 0 Å². The first-order valence-corrected chi connectivity index (χ1v) is 5.62. The van der Waals surface area contributed by atoms with Crippen LogP contribution >= 0.6 is 0 Å². The van der Waals surface area contributed by atoms with Gasteiger partial charge in [-0.1, -0.05) is 13.0 Å². The summed E-state index contributed by atoms with van der Waals surface area (Å²) in [5, 5.41) is 13.1. The SMILES string of the molecule is CCc1cc(C(=O)O)nn1-c1cccc(OC)c1. The molecule has 0 aliphatic rings. The lowest BCUT2D eigenvalue weighted by molar-refractivity contribution is 0.0690. The highest BCUT2D eigenvalue weighted by molar-refractivity contribution is 5.85. The number of benzene rings is 1. The first-order chi connectivity index (χ1) is 8.65. The molecule has 0 atom stereocenters. The average Bonchev–Trinajstić information content (AvgIpc) is 2.83. The van der Waals surface area contributed by atoms with Gasteiger partial charge in [0.2, 0.25) is 0 Å². The Balaban J connectivity index is 2.51. The molecule has 1 heterocycles. The van der Waals surface area contributed by atoms with E-state index in [1.54, 1.807) is 17.9 Å². The summed E-state index contributed by atoms with van der Waals surface area (Å²) in [4.78, 5) is 10.9. The molecule has 0 unspecified atom stereocenters. The van der Waals surface area contributed by atoms with E-state index in [0.717, 1.165) is 11.4 Å². The number of aryl methyl sites for hydroxylation is 1. The second-order valence-electron chi connectivity index (χ2n) is 3.79. The first-order valence-electron chi connectivity index (χ1n) is 5.62. The van der Waals surface area contributed by atoms with E-state index in [1.165, 1.54) is 0 Å². The molecule has 5 heteroatoms. The van der Waals surface area contributed by atoms with Crippen LogP contribution in [0.5, 0.6) is 5.75 Å². The highest BCUT2D eigenvalue weighted by Crippen LogP contribution is 2.18. The number of hydrogen-bond donors (Lipinski definition) is 1. The van der Waals surface area contributed by atoms with Crippen LogP contribution in [0.2, 0.25) is 0 Å². The molecule has 0 fully saturated rings. The lowest BCUT2D eigenvalue weighted by atomic mass is 10.2. The third-order valence-corrected chi connectivity index (χ3v) is 2.66. The van der Waals surface area contributed by atoms with Gasteiger partial charge >= 0.3 is 5.97 Å². The van der Waals surface area contributed by atoms with Crippen LogP contribution in [0.25, 0.3) is 5.69 Å². The highest BCUT2D eigenvalue weighted by atomic mass is 16.5. The van der Waals surface area contributed by atoms with Crippen LogP contribution < -0.4 is 4.74 Å². The van der Waals surface area contributed by atoms with Gasteiger partial charge in [0.1, 0.15) is 5.75 Å². The average molecular weight is 246 g/mol. The van der Waals surface area contributed by atoms with Crippen LogP contribution in [-0.2, 0) is 6.42 Å². The fourth-order valence-electron chi connectivity index (χ4n) is 1.74. The van der Waals surface area contributed by atoms with Gasteiger partial charge in [0.25, 0.3) is 0 Å². The monoisotopic (exact) mass is 246 g/mol. The number of carbonyl (C=O) groups is 1. The third kappa shape index (κ3) is 2.20. The van der Waals surface area contributed by atoms with Gasteiger partial charge < -0.3 is 9.84 Å². The van der Waals surface area contributed by atoms with Crippen molar-refractivity contribution in [3.63, 3.8) is 0 Å². The van der Waals surface area contributed by atoms with E-state index in [1.807, 2.05) is 31.2 Å². The maximum absolute atomic E-state index is 10.9. The maximum atomic E-state index is 10.9. The number of nitrogens with zero attached hydrogens (tertiary/aromatic N) is 2. The molecular formula is C13H14N2O3. The minimum absolute atomic E-state index is 0.0506. The summed E-state index contributed by atoms with van der Waals surface area (Å²) in [6.45, 7) is 1.96. The van der Waals surface area contributed by atoms with E-state index < -0.39 is 5.97 Å². The molecule has 94 valence electrons. The Hall–Kier alpha value is -2.30. The Morgan fingerprint density at radius 1 is 1.44 bits per heavy atom. The molecule has 0 saturated heterocycles. The molecule has 1 aromatic carbocycles. The Morgan fingerprint density at radius 2 is 2.22 bits per heavy atom. The molecule has 0 spiro atoms. The lowest BCUT2D eigenvalue weighted by Gasteiger charge is -2.07. The maximum Gasteiger partial charge on any atom is 0.356 e. The van der Waals surface area contributed by atoms with E-state index in [4.69, 9.17) is 9.84 Å². The molecule has 5 nitrogen and oxygen atoms in total. The van der Waals surface area contributed by atoms with Crippen LogP contribution in [-0.4, -0.2) is 28.0 Å². The predicted octanol–water partition coefficient (Wildman–Crippen LogP) is 2.14. The molecule has 0 amide bonds. The number of carboxylic acids is 1. The molecular weight excluding hydrogens is 232 g/mol. The number of hydrogen-bond acceptors (Lipinski definition) is 3. The van der Waals surface area contributed by atoms with Crippen LogP contribution in [0, 0.1) is 0 Å². The normalized spacial score (nSPS) is 10.3. The van der Waals surface area contributed by atoms with Crippen LogP contribution in [0.1, 0.15) is 23.1 Å². The van der Waals surface area contributed by atoms with Crippen LogP contribution in [0.15, 0.2) is 30.3 Å². The zero-order chi connectivity index (χ0) is 13.1. The second kappa shape index (κ2) is 4.91. The fourth-order valence-corrected chi connectivity index (χ4v) is 1.74. The Bertz CT molecular complexity index is 575. The summed E-state index contributed by atoms with van der Waals surface area (Å²) in [6, 6.07) is 8.94. The van der Waals surface area contributed by atoms with Gasteiger partial charge in [-0.05, 0) is 24.6 Å². The van der Waals surface area contributed by atoms with Crippen molar-refractivity contribution in [1.29, 1.82) is 0 Å². The molecule has 0 aliphatic carbocycles. The minimum atomic E-state index is -1.02. The van der Waals surface area contributed by atoms with Crippen LogP contribution in [0.3, 0.4) is 0 Å². The van der Waals surface area contributed by atoms with Gasteiger partial charge in [-0.3, -0.25) is 0 Å². The van der Waals surface area contributed by atoms with Crippen molar-refractivity contribution in [2.45, 2.75) is 13.3 Å². The Morgan fingerprint density at radius 3 is 2.83 bits per heavy atom. The first kappa shape index (κ1) is 12.2. The van der Waals surface area contributed by atoms with E-state index in [-0.39, 0.29) is 5.69 Å². The van der Waals surface area contributed by atoms with Gasteiger partial charge in [0.05, 0.1) is 12.8 Å². The van der Waals surface area contributed by atoms with Gasteiger partial charge in [0, 0.05) is 11.8 Å². The smallest absolute Gasteiger partial charge is 0.356 e. The summed E-state index contributed by atoms with van der Waals surface area (Å²) in [6.07, 6.45) is 0.706. The summed E-state index contributed by atoms with van der Waals surface area (Å²) in [7, 11) is 1.59. The zero-order valence-corrected chi connectivity index (χ0v) is 10.3. The fraction of sp³-hybridized carbons (Fsp3) is 0.231. The second-order valence-corrected chi connectivity index (χ2v) is 3.79. The molecule has 2 rings (SSSR count). The summed E-state index contributed by atoms with van der Waals surface area (Å²) >= 11 is 0. The lowest BCUT2D eigenvalue weighted by Crippen LogP contribution is -2.03. The molecule has 18 heavy (non-hydrogen) atoms. The van der Waals surface area contributed by atoms with Crippen molar-refractivity contribution in [2.24, 2.45) is 0 Å². The van der Waals surface area contributed by atoms with E-state index >= 15 is 0 Å². The molecule has 1 aromatic heterocycles. The molecule has 0 saturated carbocycles. The van der Waals surface area contributed by atoms with Gasteiger partial charge in [0.15, 0.2) is 5.69 Å². The third-order valence-electron chi connectivity index (χ3n) is 2.66. The molecule has 0 radical (unpaired) electrons.